The van der Waals surface area contributed by atoms with Crippen LogP contribution in [0.1, 0.15) is 5.01 Å². The molecule has 2 aromatic carbocycles. The van der Waals surface area contributed by atoms with E-state index in [1.54, 1.807) is 24.6 Å². The van der Waals surface area contributed by atoms with Crippen LogP contribution in [-0.2, 0) is 6.54 Å². The van der Waals surface area contributed by atoms with E-state index in [9.17, 15) is 0 Å². The molecule has 0 saturated carbocycles. The minimum atomic E-state index is 0.468. The van der Waals surface area contributed by atoms with Crippen LogP contribution >= 0.6 is 27.3 Å². The van der Waals surface area contributed by atoms with Crippen LogP contribution in [0.5, 0.6) is 5.75 Å². The molecule has 4 rings (SSSR count). The SMILES string of the molecule is COc1ccc2sc(CNc3nncc(-c4ccccc4Br)n3)nc2c1. The minimum Gasteiger partial charge on any atom is -0.497 e. The molecule has 2 heterocycles. The van der Waals surface area contributed by atoms with Crippen molar-refractivity contribution in [2.24, 2.45) is 0 Å². The van der Waals surface area contributed by atoms with Gasteiger partial charge >= 0.3 is 0 Å². The molecule has 6 nitrogen and oxygen atoms in total. The molecule has 0 spiro atoms. The van der Waals surface area contributed by atoms with Gasteiger partial charge in [-0.1, -0.05) is 34.1 Å². The Bertz CT molecular complexity index is 1070. The maximum Gasteiger partial charge on any atom is 0.243 e. The highest BCUT2D eigenvalue weighted by Crippen LogP contribution is 2.27. The van der Waals surface area contributed by atoms with Crippen molar-refractivity contribution >= 4 is 43.4 Å². The molecule has 0 atom stereocenters. The standard InChI is InChI=1S/C18H14BrN5OS/c1-25-11-6-7-16-14(8-11)22-17(26-16)10-20-18-23-15(9-21-24-18)12-4-2-3-5-13(12)19/h2-9H,10H2,1H3,(H,20,23,24). The van der Waals surface area contributed by atoms with Crippen molar-refractivity contribution in [1.82, 2.24) is 20.2 Å². The van der Waals surface area contributed by atoms with E-state index in [-0.39, 0.29) is 0 Å². The third kappa shape index (κ3) is 3.51. The molecular weight excluding hydrogens is 414 g/mol. The molecule has 2 aromatic heterocycles. The fourth-order valence-electron chi connectivity index (χ4n) is 2.49. The summed E-state index contributed by atoms with van der Waals surface area (Å²) in [6.45, 7) is 0.531. The Balaban J connectivity index is 1.53. The maximum absolute atomic E-state index is 5.24. The lowest BCUT2D eigenvalue weighted by Crippen LogP contribution is -2.05. The predicted octanol–water partition coefficient (Wildman–Crippen LogP) is 4.53. The van der Waals surface area contributed by atoms with Crippen molar-refractivity contribution < 1.29 is 4.74 Å². The van der Waals surface area contributed by atoms with Gasteiger partial charge in [0.25, 0.3) is 0 Å². The van der Waals surface area contributed by atoms with Gasteiger partial charge in [0.15, 0.2) is 0 Å². The summed E-state index contributed by atoms with van der Waals surface area (Å²) in [5.41, 5.74) is 2.65. The van der Waals surface area contributed by atoms with Crippen molar-refractivity contribution in [1.29, 1.82) is 0 Å². The summed E-state index contributed by atoms with van der Waals surface area (Å²) in [7, 11) is 1.65. The fraction of sp³-hybridized carbons (Fsp3) is 0.111. The van der Waals surface area contributed by atoms with E-state index in [1.807, 2.05) is 42.5 Å². The zero-order valence-corrected chi connectivity index (χ0v) is 16.2. The van der Waals surface area contributed by atoms with E-state index in [2.05, 4.69) is 41.4 Å². The third-order valence-electron chi connectivity index (χ3n) is 3.75. The van der Waals surface area contributed by atoms with Gasteiger partial charge in [-0.25, -0.2) is 9.97 Å². The Morgan fingerprint density at radius 3 is 2.88 bits per heavy atom. The van der Waals surface area contributed by atoms with E-state index in [4.69, 9.17) is 4.74 Å². The number of nitrogens with one attached hydrogen (secondary N) is 1. The van der Waals surface area contributed by atoms with Crippen LogP contribution in [0.4, 0.5) is 5.95 Å². The first-order valence-corrected chi connectivity index (χ1v) is 9.46. The highest BCUT2D eigenvalue weighted by Gasteiger charge is 2.09. The summed E-state index contributed by atoms with van der Waals surface area (Å²) >= 11 is 5.16. The summed E-state index contributed by atoms with van der Waals surface area (Å²) in [6.07, 6.45) is 1.65. The van der Waals surface area contributed by atoms with Crippen LogP contribution in [0.3, 0.4) is 0 Å². The molecule has 0 fully saturated rings. The number of hydrogen-bond donors (Lipinski definition) is 1. The molecule has 0 bridgehead atoms. The minimum absolute atomic E-state index is 0.468. The fourth-order valence-corrected chi connectivity index (χ4v) is 3.86. The molecule has 130 valence electrons. The number of ether oxygens (including phenoxy) is 1. The molecule has 26 heavy (non-hydrogen) atoms. The monoisotopic (exact) mass is 427 g/mol. The number of benzene rings is 2. The van der Waals surface area contributed by atoms with Crippen LogP contribution < -0.4 is 10.1 Å². The summed E-state index contributed by atoms with van der Waals surface area (Å²) in [6, 6.07) is 13.8. The average Bonchev–Trinajstić information content (AvgIpc) is 3.09. The summed E-state index contributed by atoms with van der Waals surface area (Å²) < 4.78 is 7.32. The summed E-state index contributed by atoms with van der Waals surface area (Å²) in [5, 5.41) is 12.3. The van der Waals surface area contributed by atoms with Crippen LogP contribution in [0.2, 0.25) is 0 Å². The lowest BCUT2D eigenvalue weighted by molar-refractivity contribution is 0.415. The van der Waals surface area contributed by atoms with Gasteiger partial charge in [-0.15, -0.1) is 16.4 Å². The Labute approximate surface area is 162 Å². The molecule has 0 saturated heterocycles. The molecule has 8 heteroatoms. The maximum atomic E-state index is 5.24. The molecule has 0 aliphatic rings. The lowest BCUT2D eigenvalue weighted by Gasteiger charge is -2.05. The Morgan fingerprint density at radius 1 is 1.15 bits per heavy atom. The second-order valence-corrected chi connectivity index (χ2v) is 7.41. The van der Waals surface area contributed by atoms with Crippen LogP contribution in [-0.4, -0.2) is 27.3 Å². The molecular formula is C18H14BrN5OS. The van der Waals surface area contributed by atoms with E-state index in [0.29, 0.717) is 12.5 Å². The van der Waals surface area contributed by atoms with Gasteiger partial charge in [-0.05, 0) is 18.2 Å². The van der Waals surface area contributed by atoms with E-state index in [0.717, 1.165) is 36.7 Å². The topological polar surface area (TPSA) is 72.8 Å². The van der Waals surface area contributed by atoms with Crippen molar-refractivity contribution in [3.63, 3.8) is 0 Å². The summed E-state index contributed by atoms with van der Waals surface area (Å²) in [4.78, 5) is 9.17. The van der Waals surface area contributed by atoms with Crippen LogP contribution in [0.15, 0.2) is 53.1 Å². The zero-order valence-electron chi connectivity index (χ0n) is 13.8. The molecule has 0 radical (unpaired) electrons. The first kappa shape index (κ1) is 16.9. The Morgan fingerprint density at radius 2 is 2.04 bits per heavy atom. The van der Waals surface area contributed by atoms with Crippen molar-refractivity contribution in [3.05, 3.63) is 58.1 Å². The summed E-state index contributed by atoms with van der Waals surface area (Å²) in [5.74, 6) is 1.27. The average molecular weight is 428 g/mol. The van der Waals surface area contributed by atoms with Crippen LogP contribution in [0, 0.1) is 0 Å². The molecule has 0 unspecified atom stereocenters. The van der Waals surface area contributed by atoms with Crippen molar-refractivity contribution in [2.45, 2.75) is 6.54 Å². The predicted molar refractivity (Wildman–Crippen MR) is 106 cm³/mol. The zero-order chi connectivity index (χ0) is 17.9. The highest BCUT2D eigenvalue weighted by molar-refractivity contribution is 9.10. The van der Waals surface area contributed by atoms with E-state index >= 15 is 0 Å². The van der Waals surface area contributed by atoms with Gasteiger partial charge in [-0.3, -0.25) is 0 Å². The number of halogens is 1. The number of hydrogen-bond acceptors (Lipinski definition) is 7. The van der Waals surface area contributed by atoms with Gasteiger partial charge in [0.1, 0.15) is 10.8 Å². The van der Waals surface area contributed by atoms with E-state index < -0.39 is 0 Å². The molecule has 4 aromatic rings. The molecule has 1 N–H and O–H groups in total. The van der Waals surface area contributed by atoms with Gasteiger partial charge in [-0.2, -0.15) is 5.10 Å². The number of rotatable bonds is 5. The number of nitrogens with zero attached hydrogens (tertiary/aromatic N) is 4. The molecule has 0 aliphatic heterocycles. The molecule has 0 amide bonds. The smallest absolute Gasteiger partial charge is 0.243 e. The van der Waals surface area contributed by atoms with E-state index in [1.165, 1.54) is 0 Å². The second kappa shape index (κ2) is 7.35. The first-order valence-electron chi connectivity index (χ1n) is 7.85. The second-order valence-electron chi connectivity index (χ2n) is 5.44. The number of fused-ring (bicyclic) bond motifs is 1. The Kier molecular flexibility index (Phi) is 4.77. The van der Waals surface area contributed by atoms with Crippen molar-refractivity contribution in [3.8, 4) is 17.0 Å². The number of thiazole rings is 1. The largest absolute Gasteiger partial charge is 0.497 e. The van der Waals surface area contributed by atoms with Gasteiger partial charge in [0, 0.05) is 16.1 Å². The Hall–Kier alpha value is -2.58. The molecule has 0 aliphatic carbocycles. The number of anilines is 1. The first-order chi connectivity index (χ1) is 12.7. The number of methoxy groups -OCH3 is 1. The van der Waals surface area contributed by atoms with Gasteiger partial charge < -0.3 is 10.1 Å². The highest BCUT2D eigenvalue weighted by atomic mass is 79.9. The van der Waals surface area contributed by atoms with Gasteiger partial charge in [0.05, 0.1) is 35.8 Å². The van der Waals surface area contributed by atoms with Gasteiger partial charge in [0.2, 0.25) is 5.95 Å². The number of aromatic nitrogens is 4. The lowest BCUT2D eigenvalue weighted by atomic mass is 10.2. The van der Waals surface area contributed by atoms with Crippen LogP contribution in [0.25, 0.3) is 21.5 Å². The third-order valence-corrected chi connectivity index (χ3v) is 5.47. The normalized spacial score (nSPS) is 10.8. The quantitative estimate of drug-likeness (QED) is 0.504. The van der Waals surface area contributed by atoms with Crippen molar-refractivity contribution in [2.75, 3.05) is 12.4 Å².